The summed E-state index contributed by atoms with van der Waals surface area (Å²) in [5.41, 5.74) is 0.824. The van der Waals surface area contributed by atoms with Crippen LogP contribution in [-0.4, -0.2) is 10.2 Å². The van der Waals surface area contributed by atoms with Crippen LogP contribution in [0.15, 0.2) is 0 Å². The number of hydrogen-bond donors (Lipinski definition) is 0. The molecule has 0 amide bonds. The van der Waals surface area contributed by atoms with Crippen LogP contribution in [0.5, 0.6) is 0 Å². The van der Waals surface area contributed by atoms with E-state index in [0.29, 0.717) is 0 Å². The predicted octanol–water partition coefficient (Wildman–Crippen LogP) is 3.57. The molecule has 69 valence electrons. The van der Waals surface area contributed by atoms with Gasteiger partial charge < -0.3 is 0 Å². The Bertz CT molecular complexity index is 108. The normalized spacial score (nSPS) is 35.8. The van der Waals surface area contributed by atoms with Gasteiger partial charge in [-0.3, -0.25) is 0 Å². The van der Waals surface area contributed by atoms with Crippen LogP contribution < -0.4 is 0 Å². The van der Waals surface area contributed by atoms with E-state index in [2.05, 4.69) is 24.1 Å². The van der Waals surface area contributed by atoms with Crippen molar-refractivity contribution < 1.29 is 0 Å². The minimum atomic E-state index is 0.824. The van der Waals surface area contributed by atoms with Gasteiger partial charge >= 0.3 is 0 Å². The smallest absolute Gasteiger partial charge is 0.0273 e. The summed E-state index contributed by atoms with van der Waals surface area (Å²) in [5.74, 6) is 1.95. The average Bonchev–Trinajstić information content (AvgIpc) is 2.38. The van der Waals surface area contributed by atoms with Gasteiger partial charge in [0.1, 0.15) is 0 Å². The highest BCUT2D eigenvalue weighted by molar-refractivity contribution is 6.12. The summed E-state index contributed by atoms with van der Waals surface area (Å²) in [6.07, 6.45) is 8.48. The standard InChI is InChI=1S/C11H21Si/c1-3-5-9-7-8-10(6-4-2)11(9)12/h9-11H,3-8H2,1-2H3. The van der Waals surface area contributed by atoms with Gasteiger partial charge in [-0.25, -0.2) is 0 Å². The van der Waals surface area contributed by atoms with Crippen molar-refractivity contribution in [3.63, 3.8) is 0 Å². The molecule has 0 saturated heterocycles. The molecule has 0 aliphatic heterocycles. The molecule has 1 saturated carbocycles. The van der Waals surface area contributed by atoms with Crippen molar-refractivity contribution in [2.24, 2.45) is 11.8 Å². The average molecular weight is 181 g/mol. The zero-order valence-corrected chi connectivity index (χ0v) is 9.47. The summed E-state index contributed by atoms with van der Waals surface area (Å²) in [6.45, 7) is 4.60. The second kappa shape index (κ2) is 5.06. The molecule has 0 bridgehead atoms. The summed E-state index contributed by atoms with van der Waals surface area (Å²) < 4.78 is 0. The van der Waals surface area contributed by atoms with Crippen molar-refractivity contribution in [3.8, 4) is 0 Å². The molecule has 1 aliphatic carbocycles. The molecule has 0 N–H and O–H groups in total. The quantitative estimate of drug-likeness (QED) is 0.582. The van der Waals surface area contributed by atoms with Crippen LogP contribution in [-0.2, 0) is 0 Å². The Labute approximate surface area is 80.6 Å². The third-order valence-electron chi connectivity index (χ3n) is 3.24. The SMILES string of the molecule is CCCC1CCC(CCC)C1[Si]. The van der Waals surface area contributed by atoms with Gasteiger partial charge in [0.15, 0.2) is 0 Å². The van der Waals surface area contributed by atoms with Gasteiger partial charge in [-0.15, -0.1) is 0 Å². The Kier molecular flexibility index (Phi) is 4.34. The van der Waals surface area contributed by atoms with E-state index in [1.165, 1.54) is 38.5 Å². The Morgan fingerprint density at radius 1 is 1.00 bits per heavy atom. The maximum Gasteiger partial charge on any atom is 0.0273 e. The third kappa shape index (κ3) is 2.35. The van der Waals surface area contributed by atoms with Crippen molar-refractivity contribution in [1.82, 2.24) is 0 Å². The Hall–Kier alpha value is 0.217. The molecular formula is C11H21Si. The summed E-state index contributed by atoms with van der Waals surface area (Å²) in [4.78, 5) is 0. The van der Waals surface area contributed by atoms with Crippen molar-refractivity contribution in [1.29, 1.82) is 0 Å². The Morgan fingerprint density at radius 2 is 1.42 bits per heavy atom. The second-order valence-corrected chi connectivity index (χ2v) is 4.87. The predicted molar refractivity (Wildman–Crippen MR) is 55.5 cm³/mol. The first-order chi connectivity index (χ1) is 5.79. The fraction of sp³-hybridized carbons (Fsp3) is 1.00. The molecule has 1 heteroatoms. The van der Waals surface area contributed by atoms with E-state index in [4.69, 9.17) is 0 Å². The van der Waals surface area contributed by atoms with Crippen LogP contribution in [0.2, 0.25) is 5.54 Å². The molecule has 0 aromatic heterocycles. The van der Waals surface area contributed by atoms with E-state index in [9.17, 15) is 0 Å². The van der Waals surface area contributed by atoms with Gasteiger partial charge in [0.05, 0.1) is 0 Å². The lowest BCUT2D eigenvalue weighted by Crippen LogP contribution is -2.08. The minimum Gasteiger partial charge on any atom is -0.0654 e. The maximum atomic E-state index is 3.92. The van der Waals surface area contributed by atoms with Crippen LogP contribution in [0.4, 0.5) is 0 Å². The molecule has 0 spiro atoms. The van der Waals surface area contributed by atoms with E-state index in [1.807, 2.05) is 0 Å². The lowest BCUT2D eigenvalue weighted by molar-refractivity contribution is 0.440. The zero-order valence-electron chi connectivity index (χ0n) is 8.47. The molecule has 2 atom stereocenters. The first-order valence-electron chi connectivity index (χ1n) is 5.50. The van der Waals surface area contributed by atoms with E-state index in [-0.39, 0.29) is 0 Å². The summed E-state index contributed by atoms with van der Waals surface area (Å²) in [7, 11) is 3.92. The molecule has 1 rings (SSSR count). The van der Waals surface area contributed by atoms with Gasteiger partial charge in [-0.05, 0) is 17.4 Å². The van der Waals surface area contributed by atoms with Gasteiger partial charge in [0, 0.05) is 10.2 Å². The van der Waals surface area contributed by atoms with Crippen molar-refractivity contribution in [2.75, 3.05) is 0 Å². The lowest BCUT2D eigenvalue weighted by Gasteiger charge is -2.19. The van der Waals surface area contributed by atoms with Gasteiger partial charge in [0.2, 0.25) is 0 Å². The number of rotatable bonds is 4. The summed E-state index contributed by atoms with van der Waals surface area (Å²) >= 11 is 0. The van der Waals surface area contributed by atoms with E-state index in [0.717, 1.165) is 17.4 Å². The van der Waals surface area contributed by atoms with Gasteiger partial charge in [-0.1, -0.05) is 52.4 Å². The van der Waals surface area contributed by atoms with Crippen molar-refractivity contribution in [3.05, 3.63) is 0 Å². The first-order valence-corrected chi connectivity index (χ1v) is 6.08. The molecular weight excluding hydrogens is 160 g/mol. The van der Waals surface area contributed by atoms with Crippen LogP contribution >= 0.6 is 0 Å². The molecule has 0 heterocycles. The van der Waals surface area contributed by atoms with Crippen molar-refractivity contribution >= 4 is 10.2 Å². The maximum absolute atomic E-state index is 3.92. The minimum absolute atomic E-state index is 0.824. The lowest BCUT2D eigenvalue weighted by atomic mass is 9.97. The molecule has 0 aromatic rings. The highest BCUT2D eigenvalue weighted by Crippen LogP contribution is 2.43. The van der Waals surface area contributed by atoms with Crippen LogP contribution in [0.25, 0.3) is 0 Å². The Balaban J connectivity index is 2.32. The van der Waals surface area contributed by atoms with Crippen molar-refractivity contribution in [2.45, 2.75) is 57.9 Å². The summed E-state index contributed by atoms with van der Waals surface area (Å²) in [5, 5.41) is 0. The molecule has 3 radical (unpaired) electrons. The second-order valence-electron chi connectivity index (χ2n) is 4.20. The topological polar surface area (TPSA) is 0 Å². The third-order valence-corrected chi connectivity index (χ3v) is 4.19. The molecule has 2 unspecified atom stereocenters. The zero-order chi connectivity index (χ0) is 8.97. The van der Waals surface area contributed by atoms with Gasteiger partial charge in [0.25, 0.3) is 0 Å². The van der Waals surface area contributed by atoms with Crippen LogP contribution in [0, 0.1) is 11.8 Å². The fourth-order valence-corrected chi connectivity index (χ4v) is 3.23. The van der Waals surface area contributed by atoms with E-state index in [1.54, 1.807) is 0 Å². The molecule has 1 aliphatic rings. The molecule has 0 nitrogen and oxygen atoms in total. The monoisotopic (exact) mass is 181 g/mol. The number of hydrogen-bond acceptors (Lipinski definition) is 0. The summed E-state index contributed by atoms with van der Waals surface area (Å²) in [6, 6.07) is 0. The van der Waals surface area contributed by atoms with E-state index < -0.39 is 0 Å². The van der Waals surface area contributed by atoms with E-state index >= 15 is 0 Å². The molecule has 1 fully saturated rings. The van der Waals surface area contributed by atoms with Gasteiger partial charge in [-0.2, -0.15) is 0 Å². The fourth-order valence-electron chi connectivity index (χ4n) is 2.56. The molecule has 0 aromatic carbocycles. The first kappa shape index (κ1) is 10.3. The highest BCUT2D eigenvalue weighted by Gasteiger charge is 2.30. The van der Waals surface area contributed by atoms with Crippen LogP contribution in [0.1, 0.15) is 52.4 Å². The Morgan fingerprint density at radius 3 is 1.75 bits per heavy atom. The molecule has 12 heavy (non-hydrogen) atoms. The highest BCUT2D eigenvalue weighted by atomic mass is 28.1. The largest absolute Gasteiger partial charge is 0.0654 e. The van der Waals surface area contributed by atoms with Crippen LogP contribution in [0.3, 0.4) is 0 Å².